The van der Waals surface area contributed by atoms with Gasteiger partial charge >= 0.3 is 0 Å². The Morgan fingerprint density at radius 1 is 1.33 bits per heavy atom. The van der Waals surface area contributed by atoms with E-state index in [-0.39, 0.29) is 5.91 Å². The molecule has 0 spiro atoms. The summed E-state index contributed by atoms with van der Waals surface area (Å²) in [7, 11) is 0. The van der Waals surface area contributed by atoms with Crippen molar-refractivity contribution in [2.75, 3.05) is 31.1 Å². The molecule has 0 radical (unpaired) electrons. The molecular formula is C19H28N2O2S. The number of amides is 1. The van der Waals surface area contributed by atoms with Gasteiger partial charge in [-0.15, -0.1) is 0 Å². The standard InChI is InChI=1S/C19H28N2O2S/c1-15-2-4-17(5-3-15)13-21-9-6-16(7-10-21)12-20-18(22)19(23)8-11-24-14-19/h2-5,16,23H,6-14H2,1H3,(H,20,22)/t19-/m1/s1. The summed E-state index contributed by atoms with van der Waals surface area (Å²) in [6.45, 7) is 5.98. The number of rotatable bonds is 5. The smallest absolute Gasteiger partial charge is 0.252 e. The second kappa shape index (κ2) is 7.89. The van der Waals surface area contributed by atoms with Gasteiger partial charge in [0.2, 0.25) is 0 Å². The van der Waals surface area contributed by atoms with Crippen LogP contribution in [0.1, 0.15) is 30.4 Å². The minimum atomic E-state index is -1.13. The van der Waals surface area contributed by atoms with Gasteiger partial charge in [-0.3, -0.25) is 9.69 Å². The van der Waals surface area contributed by atoms with E-state index < -0.39 is 5.60 Å². The Morgan fingerprint density at radius 2 is 2.04 bits per heavy atom. The number of piperidine rings is 1. The van der Waals surface area contributed by atoms with Gasteiger partial charge < -0.3 is 10.4 Å². The quantitative estimate of drug-likeness (QED) is 0.856. The number of benzene rings is 1. The van der Waals surface area contributed by atoms with Crippen LogP contribution in [0.25, 0.3) is 0 Å². The summed E-state index contributed by atoms with van der Waals surface area (Å²) in [6.07, 6.45) is 2.80. The van der Waals surface area contributed by atoms with Crippen molar-refractivity contribution in [2.45, 2.75) is 38.3 Å². The molecule has 0 aliphatic carbocycles. The van der Waals surface area contributed by atoms with E-state index >= 15 is 0 Å². The van der Waals surface area contributed by atoms with Gasteiger partial charge in [0.15, 0.2) is 5.60 Å². The van der Waals surface area contributed by atoms with E-state index in [0.717, 1.165) is 38.2 Å². The van der Waals surface area contributed by atoms with E-state index in [1.54, 1.807) is 11.8 Å². The molecule has 0 saturated carbocycles. The lowest BCUT2D eigenvalue weighted by molar-refractivity contribution is -0.137. The topological polar surface area (TPSA) is 52.6 Å². The first-order valence-corrected chi connectivity index (χ1v) is 10.1. The minimum Gasteiger partial charge on any atom is -0.379 e. The normalized spacial score (nSPS) is 25.8. The zero-order chi connectivity index (χ0) is 17.0. The predicted molar refractivity (Wildman–Crippen MR) is 99.1 cm³/mol. The van der Waals surface area contributed by atoms with Crippen molar-refractivity contribution in [3.8, 4) is 0 Å². The Bertz CT molecular complexity index is 547. The van der Waals surface area contributed by atoms with Crippen LogP contribution in [0.3, 0.4) is 0 Å². The number of carbonyl (C=O) groups excluding carboxylic acids is 1. The average molecular weight is 349 g/mol. The summed E-state index contributed by atoms with van der Waals surface area (Å²) in [5.74, 6) is 1.77. The Labute approximate surface area is 149 Å². The van der Waals surface area contributed by atoms with Crippen LogP contribution >= 0.6 is 11.8 Å². The summed E-state index contributed by atoms with van der Waals surface area (Å²) < 4.78 is 0. The van der Waals surface area contributed by atoms with Crippen molar-refractivity contribution >= 4 is 17.7 Å². The van der Waals surface area contributed by atoms with Crippen LogP contribution in [-0.2, 0) is 11.3 Å². The average Bonchev–Trinajstić information content (AvgIpc) is 3.04. The molecule has 3 rings (SSSR count). The van der Waals surface area contributed by atoms with Gasteiger partial charge in [-0.1, -0.05) is 29.8 Å². The van der Waals surface area contributed by atoms with Crippen LogP contribution in [0.4, 0.5) is 0 Å². The maximum atomic E-state index is 12.2. The third-order valence-corrected chi connectivity index (χ3v) is 6.38. The van der Waals surface area contributed by atoms with E-state index in [1.165, 1.54) is 11.1 Å². The molecule has 0 unspecified atom stereocenters. The second-order valence-corrected chi connectivity index (χ2v) is 8.35. The molecule has 2 saturated heterocycles. The fourth-order valence-electron chi connectivity index (χ4n) is 3.44. The lowest BCUT2D eigenvalue weighted by atomic mass is 9.95. The van der Waals surface area contributed by atoms with E-state index in [9.17, 15) is 9.90 Å². The Kier molecular flexibility index (Phi) is 5.85. The molecule has 132 valence electrons. The number of aliphatic hydroxyl groups is 1. The number of thioether (sulfide) groups is 1. The molecule has 5 heteroatoms. The van der Waals surface area contributed by atoms with Crippen molar-refractivity contribution in [1.82, 2.24) is 10.2 Å². The number of aryl methyl sites for hydroxylation is 1. The SMILES string of the molecule is Cc1ccc(CN2CCC(CNC(=O)[C@@]3(O)CCSC3)CC2)cc1. The van der Waals surface area contributed by atoms with Crippen LogP contribution in [0.15, 0.2) is 24.3 Å². The highest BCUT2D eigenvalue weighted by Gasteiger charge is 2.39. The van der Waals surface area contributed by atoms with Crippen molar-refractivity contribution in [1.29, 1.82) is 0 Å². The summed E-state index contributed by atoms with van der Waals surface area (Å²) >= 11 is 1.66. The highest BCUT2D eigenvalue weighted by molar-refractivity contribution is 7.99. The molecule has 0 aromatic heterocycles. The summed E-state index contributed by atoms with van der Waals surface area (Å²) in [4.78, 5) is 14.6. The first kappa shape index (κ1) is 17.8. The third-order valence-electron chi connectivity index (χ3n) is 5.21. The van der Waals surface area contributed by atoms with Crippen molar-refractivity contribution < 1.29 is 9.90 Å². The van der Waals surface area contributed by atoms with E-state index in [0.29, 0.717) is 24.6 Å². The number of nitrogens with one attached hydrogen (secondary N) is 1. The Balaban J connectivity index is 1.39. The molecule has 1 aromatic rings. The van der Waals surface area contributed by atoms with Crippen LogP contribution in [0.5, 0.6) is 0 Å². The van der Waals surface area contributed by atoms with Gasteiger partial charge in [0, 0.05) is 18.8 Å². The Morgan fingerprint density at radius 3 is 2.67 bits per heavy atom. The fourth-order valence-corrected chi connectivity index (χ4v) is 4.67. The number of likely N-dealkylation sites (tertiary alicyclic amines) is 1. The van der Waals surface area contributed by atoms with Gasteiger partial charge in [-0.25, -0.2) is 0 Å². The molecule has 24 heavy (non-hydrogen) atoms. The van der Waals surface area contributed by atoms with Crippen molar-refractivity contribution in [2.24, 2.45) is 5.92 Å². The van der Waals surface area contributed by atoms with Crippen LogP contribution in [-0.4, -0.2) is 52.7 Å². The molecule has 4 nitrogen and oxygen atoms in total. The number of hydrogen-bond acceptors (Lipinski definition) is 4. The highest BCUT2D eigenvalue weighted by atomic mass is 32.2. The molecular weight excluding hydrogens is 320 g/mol. The molecule has 2 N–H and O–H groups in total. The number of carbonyl (C=O) groups is 1. The van der Waals surface area contributed by atoms with Gasteiger partial charge in [0.1, 0.15) is 0 Å². The maximum Gasteiger partial charge on any atom is 0.252 e. The monoisotopic (exact) mass is 348 g/mol. The highest BCUT2D eigenvalue weighted by Crippen LogP contribution is 2.28. The van der Waals surface area contributed by atoms with Crippen LogP contribution in [0, 0.1) is 12.8 Å². The molecule has 1 amide bonds. The second-order valence-electron chi connectivity index (χ2n) is 7.25. The van der Waals surface area contributed by atoms with Crippen molar-refractivity contribution in [3.63, 3.8) is 0 Å². The number of hydrogen-bond donors (Lipinski definition) is 2. The van der Waals surface area contributed by atoms with Gasteiger partial charge in [-0.2, -0.15) is 11.8 Å². The van der Waals surface area contributed by atoms with Gasteiger partial charge in [-0.05, 0) is 56.5 Å². The molecule has 2 aliphatic heterocycles. The lowest BCUT2D eigenvalue weighted by Gasteiger charge is -2.32. The molecule has 1 atom stereocenters. The van der Waals surface area contributed by atoms with Crippen LogP contribution < -0.4 is 5.32 Å². The minimum absolute atomic E-state index is 0.172. The molecule has 2 fully saturated rings. The molecule has 0 bridgehead atoms. The van der Waals surface area contributed by atoms with E-state index in [1.807, 2.05) is 0 Å². The van der Waals surface area contributed by atoms with E-state index in [2.05, 4.69) is 41.4 Å². The third kappa shape index (κ3) is 4.52. The van der Waals surface area contributed by atoms with Crippen molar-refractivity contribution in [3.05, 3.63) is 35.4 Å². The molecule has 1 aromatic carbocycles. The predicted octanol–water partition coefficient (Wildman–Crippen LogP) is 2.19. The largest absolute Gasteiger partial charge is 0.379 e. The van der Waals surface area contributed by atoms with E-state index in [4.69, 9.17) is 0 Å². The molecule has 2 heterocycles. The zero-order valence-corrected chi connectivity index (χ0v) is 15.3. The number of nitrogens with zero attached hydrogens (tertiary/aromatic N) is 1. The summed E-state index contributed by atoms with van der Waals surface area (Å²) in [5, 5.41) is 13.3. The maximum absolute atomic E-state index is 12.2. The van der Waals surface area contributed by atoms with Crippen LogP contribution in [0.2, 0.25) is 0 Å². The summed E-state index contributed by atoms with van der Waals surface area (Å²) in [6, 6.07) is 8.76. The van der Waals surface area contributed by atoms with Gasteiger partial charge in [0.25, 0.3) is 5.91 Å². The fraction of sp³-hybridized carbons (Fsp3) is 0.632. The molecule has 2 aliphatic rings. The zero-order valence-electron chi connectivity index (χ0n) is 14.5. The first-order valence-electron chi connectivity index (χ1n) is 8.91. The Hall–Kier alpha value is -1.04. The lowest BCUT2D eigenvalue weighted by Crippen LogP contribution is -2.49. The first-order chi connectivity index (χ1) is 11.5. The summed E-state index contributed by atoms with van der Waals surface area (Å²) in [5.41, 5.74) is 1.54. The van der Waals surface area contributed by atoms with Gasteiger partial charge in [0.05, 0.1) is 0 Å².